The molecule has 7 nitrogen and oxygen atoms in total. The molecular weight excluding hydrogens is 358 g/mol. The van der Waals surface area contributed by atoms with Crippen LogP contribution in [-0.2, 0) is 9.53 Å². The lowest BCUT2D eigenvalue weighted by Crippen LogP contribution is -2.42. The Morgan fingerprint density at radius 3 is 2.75 bits per heavy atom. The van der Waals surface area contributed by atoms with Crippen LogP contribution in [0.1, 0.15) is 23.2 Å². The van der Waals surface area contributed by atoms with E-state index in [0.29, 0.717) is 24.5 Å². The molecule has 1 N–H and O–H groups in total. The molecule has 3 aromatic rings. The zero-order valence-corrected chi connectivity index (χ0v) is 15.3. The lowest BCUT2D eigenvalue weighted by molar-refractivity contribution is -0.117. The summed E-state index contributed by atoms with van der Waals surface area (Å²) in [6.45, 7) is 0.976. The quantitative estimate of drug-likeness (QED) is 0.711. The molecule has 4 rings (SSSR count). The van der Waals surface area contributed by atoms with Crippen LogP contribution in [-0.4, -0.2) is 47.7 Å². The zero-order valence-electron chi connectivity index (χ0n) is 15.3. The summed E-state index contributed by atoms with van der Waals surface area (Å²) < 4.78 is 10.4. The van der Waals surface area contributed by atoms with E-state index in [9.17, 15) is 9.59 Å². The van der Waals surface area contributed by atoms with Crippen LogP contribution in [0.3, 0.4) is 0 Å². The molecule has 0 spiro atoms. The van der Waals surface area contributed by atoms with Crippen molar-refractivity contribution < 1.29 is 18.8 Å². The number of benzene rings is 2. The summed E-state index contributed by atoms with van der Waals surface area (Å²) in [5.74, 6) is -0.210. The highest BCUT2D eigenvalue weighted by Gasteiger charge is 2.25. The van der Waals surface area contributed by atoms with Gasteiger partial charge in [0.25, 0.3) is 5.91 Å². The molecule has 7 heteroatoms. The number of hydrogen-bond acceptors (Lipinski definition) is 5. The summed E-state index contributed by atoms with van der Waals surface area (Å²) in [4.78, 5) is 27.1. The van der Waals surface area contributed by atoms with Crippen LogP contribution in [0.25, 0.3) is 10.8 Å². The second-order valence-electron chi connectivity index (χ2n) is 6.82. The van der Waals surface area contributed by atoms with E-state index in [0.717, 1.165) is 23.6 Å². The highest BCUT2D eigenvalue weighted by atomic mass is 16.5. The molecule has 0 saturated carbocycles. The first-order valence-corrected chi connectivity index (χ1v) is 9.29. The van der Waals surface area contributed by atoms with Crippen molar-refractivity contribution >= 4 is 28.4 Å². The van der Waals surface area contributed by atoms with Gasteiger partial charge in [-0.05, 0) is 35.7 Å². The number of nitrogens with one attached hydrogen (secondary N) is 1. The van der Waals surface area contributed by atoms with Crippen LogP contribution in [0.5, 0.6) is 0 Å². The van der Waals surface area contributed by atoms with Gasteiger partial charge in [0.2, 0.25) is 5.91 Å². The van der Waals surface area contributed by atoms with Gasteiger partial charge in [-0.1, -0.05) is 35.5 Å². The van der Waals surface area contributed by atoms with E-state index in [-0.39, 0.29) is 24.5 Å². The van der Waals surface area contributed by atoms with Crippen LogP contribution in [0, 0.1) is 0 Å². The van der Waals surface area contributed by atoms with Gasteiger partial charge in [-0.3, -0.25) is 9.59 Å². The molecule has 0 bridgehead atoms. The summed E-state index contributed by atoms with van der Waals surface area (Å²) in [6, 6.07) is 15.0. The first-order valence-electron chi connectivity index (χ1n) is 9.29. The van der Waals surface area contributed by atoms with E-state index in [2.05, 4.69) is 10.5 Å². The molecule has 28 heavy (non-hydrogen) atoms. The molecule has 1 saturated heterocycles. The maximum atomic E-state index is 13.2. The van der Waals surface area contributed by atoms with Crippen molar-refractivity contribution in [3.05, 3.63) is 60.4 Å². The second kappa shape index (κ2) is 8.22. The lowest BCUT2D eigenvalue weighted by atomic mass is 10.1. The Morgan fingerprint density at radius 1 is 1.14 bits per heavy atom. The van der Waals surface area contributed by atoms with Gasteiger partial charge in [0.05, 0.1) is 6.10 Å². The molecule has 0 aliphatic carbocycles. The largest absolute Gasteiger partial charge is 0.376 e. The molecule has 2 amide bonds. The van der Waals surface area contributed by atoms with E-state index in [1.807, 2.05) is 36.4 Å². The molecule has 1 fully saturated rings. The van der Waals surface area contributed by atoms with Gasteiger partial charge in [0.15, 0.2) is 5.82 Å². The average Bonchev–Trinajstić information content (AvgIpc) is 3.41. The molecule has 1 atom stereocenters. The Labute approximate surface area is 162 Å². The van der Waals surface area contributed by atoms with Crippen LogP contribution < -0.4 is 5.32 Å². The van der Waals surface area contributed by atoms with E-state index in [1.165, 1.54) is 11.2 Å². The van der Waals surface area contributed by atoms with Crippen molar-refractivity contribution in [3.63, 3.8) is 0 Å². The Kier molecular flexibility index (Phi) is 5.34. The number of aromatic nitrogens is 1. The van der Waals surface area contributed by atoms with Gasteiger partial charge in [-0.25, -0.2) is 0 Å². The Hall–Kier alpha value is -3.19. The number of ether oxygens (including phenoxy) is 1. The minimum atomic E-state index is -0.332. The van der Waals surface area contributed by atoms with Gasteiger partial charge < -0.3 is 19.5 Å². The summed E-state index contributed by atoms with van der Waals surface area (Å²) >= 11 is 0. The third kappa shape index (κ3) is 4.20. The molecule has 2 aromatic carbocycles. The van der Waals surface area contributed by atoms with E-state index in [4.69, 9.17) is 9.26 Å². The van der Waals surface area contributed by atoms with Crippen LogP contribution >= 0.6 is 0 Å². The third-order valence-corrected chi connectivity index (χ3v) is 4.77. The maximum absolute atomic E-state index is 13.2. The zero-order chi connectivity index (χ0) is 19.3. The van der Waals surface area contributed by atoms with Gasteiger partial charge in [0, 0.05) is 24.8 Å². The number of rotatable bonds is 6. The van der Waals surface area contributed by atoms with Gasteiger partial charge in [-0.2, -0.15) is 0 Å². The van der Waals surface area contributed by atoms with E-state index in [1.54, 1.807) is 12.1 Å². The molecular formula is C21H21N3O4. The van der Waals surface area contributed by atoms with E-state index >= 15 is 0 Å². The smallest absolute Gasteiger partial charge is 0.254 e. The fourth-order valence-electron chi connectivity index (χ4n) is 3.39. The standard InChI is InChI=1S/C21H21N3O4/c25-20(22-19-9-11-28-23-19)14-24(13-18-6-3-10-27-18)21(26)17-8-7-15-4-1-2-5-16(15)12-17/h1-2,4-5,7-9,11-12,18H,3,6,10,13-14H2,(H,22,23,25). The summed E-state index contributed by atoms with van der Waals surface area (Å²) in [7, 11) is 0. The fraction of sp³-hybridized carbons (Fsp3) is 0.286. The van der Waals surface area contributed by atoms with Crippen molar-refractivity contribution in [1.82, 2.24) is 10.1 Å². The lowest BCUT2D eigenvalue weighted by Gasteiger charge is -2.25. The Balaban J connectivity index is 1.53. The number of nitrogens with zero attached hydrogens (tertiary/aromatic N) is 2. The first kappa shape index (κ1) is 18.2. The molecule has 1 aliphatic rings. The number of carbonyl (C=O) groups is 2. The normalized spacial score (nSPS) is 16.2. The maximum Gasteiger partial charge on any atom is 0.254 e. The van der Waals surface area contributed by atoms with Crippen molar-refractivity contribution in [2.24, 2.45) is 0 Å². The highest BCUT2D eigenvalue weighted by molar-refractivity contribution is 6.01. The molecule has 1 aromatic heterocycles. The Bertz CT molecular complexity index is 965. The van der Waals surface area contributed by atoms with Crippen molar-refractivity contribution in [2.75, 3.05) is 25.0 Å². The minimum absolute atomic E-state index is 0.0516. The van der Waals surface area contributed by atoms with Gasteiger partial charge >= 0.3 is 0 Å². The first-order chi connectivity index (χ1) is 13.7. The number of amides is 2. The Morgan fingerprint density at radius 2 is 2.00 bits per heavy atom. The van der Waals surface area contributed by atoms with Crippen molar-refractivity contribution in [3.8, 4) is 0 Å². The average molecular weight is 379 g/mol. The second-order valence-corrected chi connectivity index (χ2v) is 6.82. The number of anilines is 1. The summed E-state index contributed by atoms with van der Waals surface area (Å²) in [5.41, 5.74) is 0.547. The SMILES string of the molecule is O=C(CN(CC1CCCO1)C(=O)c1ccc2ccccc2c1)Nc1ccon1. The number of carbonyl (C=O) groups excluding carboxylic acids is 2. The minimum Gasteiger partial charge on any atom is -0.376 e. The van der Waals surface area contributed by atoms with Crippen LogP contribution in [0.2, 0.25) is 0 Å². The highest BCUT2D eigenvalue weighted by Crippen LogP contribution is 2.19. The molecule has 1 unspecified atom stereocenters. The predicted octanol–water partition coefficient (Wildman–Crippen LogP) is 3.09. The molecule has 1 aliphatic heterocycles. The van der Waals surface area contributed by atoms with Crippen LogP contribution in [0.15, 0.2) is 59.3 Å². The topological polar surface area (TPSA) is 84.7 Å². The number of hydrogen-bond donors (Lipinski definition) is 1. The molecule has 144 valence electrons. The number of fused-ring (bicyclic) bond motifs is 1. The van der Waals surface area contributed by atoms with Gasteiger partial charge in [-0.15, -0.1) is 0 Å². The third-order valence-electron chi connectivity index (χ3n) is 4.77. The predicted molar refractivity (Wildman–Crippen MR) is 104 cm³/mol. The monoisotopic (exact) mass is 379 g/mol. The van der Waals surface area contributed by atoms with E-state index < -0.39 is 0 Å². The molecule has 0 radical (unpaired) electrons. The van der Waals surface area contributed by atoms with Crippen molar-refractivity contribution in [2.45, 2.75) is 18.9 Å². The molecule has 2 heterocycles. The van der Waals surface area contributed by atoms with Gasteiger partial charge in [0.1, 0.15) is 12.8 Å². The summed E-state index contributed by atoms with van der Waals surface area (Å²) in [5, 5.41) is 8.35. The fourth-order valence-corrected chi connectivity index (χ4v) is 3.39. The summed E-state index contributed by atoms with van der Waals surface area (Å²) in [6.07, 6.45) is 3.17. The van der Waals surface area contributed by atoms with Crippen molar-refractivity contribution in [1.29, 1.82) is 0 Å². The van der Waals surface area contributed by atoms with Crippen LogP contribution in [0.4, 0.5) is 5.82 Å².